The van der Waals surface area contributed by atoms with Crippen LogP contribution in [0.3, 0.4) is 0 Å². The van der Waals surface area contributed by atoms with Crippen molar-refractivity contribution in [2.45, 2.75) is 25.9 Å². The Bertz CT molecular complexity index is 709. The second-order valence-corrected chi connectivity index (χ2v) is 6.22. The summed E-state index contributed by atoms with van der Waals surface area (Å²) in [4.78, 5) is 51.4. The van der Waals surface area contributed by atoms with Crippen LogP contribution < -0.4 is 10.6 Å². The normalized spacial score (nSPS) is 17.7. The van der Waals surface area contributed by atoms with Crippen molar-refractivity contribution in [1.29, 1.82) is 0 Å². The highest BCUT2D eigenvalue weighted by Crippen LogP contribution is 2.14. The molecule has 2 N–H and O–H groups in total. The van der Waals surface area contributed by atoms with Crippen LogP contribution in [0.2, 0.25) is 0 Å². The highest BCUT2D eigenvalue weighted by molar-refractivity contribution is 5.93. The van der Waals surface area contributed by atoms with Gasteiger partial charge in [-0.1, -0.05) is 18.2 Å². The number of esters is 1. The first-order chi connectivity index (χ1) is 12.8. The average molecular weight is 376 g/mol. The van der Waals surface area contributed by atoms with Crippen LogP contribution in [0.15, 0.2) is 30.3 Å². The highest BCUT2D eigenvalue weighted by atomic mass is 16.5. The van der Waals surface area contributed by atoms with Gasteiger partial charge in [-0.05, 0) is 19.1 Å². The van der Waals surface area contributed by atoms with E-state index in [9.17, 15) is 19.2 Å². The summed E-state index contributed by atoms with van der Waals surface area (Å²) < 4.78 is 4.59. The summed E-state index contributed by atoms with van der Waals surface area (Å²) in [7, 11) is 1.23. The van der Waals surface area contributed by atoms with Crippen molar-refractivity contribution >= 4 is 29.5 Å². The number of urea groups is 1. The van der Waals surface area contributed by atoms with Gasteiger partial charge in [-0.25, -0.2) is 9.59 Å². The number of carbonyl (C=O) groups excluding carboxylic acids is 4. The molecule has 0 aromatic heterocycles. The molecule has 0 radical (unpaired) electrons. The lowest BCUT2D eigenvalue weighted by Gasteiger charge is -2.40. The van der Waals surface area contributed by atoms with Crippen molar-refractivity contribution in [1.82, 2.24) is 15.1 Å². The van der Waals surface area contributed by atoms with Gasteiger partial charge in [0.05, 0.1) is 13.7 Å². The number of nitrogens with one attached hydrogen (secondary N) is 2. The molecule has 0 spiro atoms. The topological polar surface area (TPSA) is 108 Å². The predicted molar refractivity (Wildman–Crippen MR) is 97.8 cm³/mol. The van der Waals surface area contributed by atoms with Crippen molar-refractivity contribution in [2.75, 3.05) is 32.1 Å². The molecule has 1 aliphatic heterocycles. The van der Waals surface area contributed by atoms with E-state index in [0.717, 1.165) is 0 Å². The van der Waals surface area contributed by atoms with Gasteiger partial charge in [-0.2, -0.15) is 0 Å². The molecule has 0 bridgehead atoms. The van der Waals surface area contributed by atoms with Gasteiger partial charge in [0.2, 0.25) is 11.8 Å². The number of piperazine rings is 1. The molecule has 0 saturated carbocycles. The molecule has 2 rings (SSSR count). The van der Waals surface area contributed by atoms with Crippen LogP contribution in [0, 0.1) is 0 Å². The Labute approximate surface area is 157 Å². The summed E-state index contributed by atoms with van der Waals surface area (Å²) >= 11 is 0. The summed E-state index contributed by atoms with van der Waals surface area (Å²) in [5.74, 6) is -1.38. The summed E-state index contributed by atoms with van der Waals surface area (Å²) in [6.07, 6.45) is 0. The largest absolute Gasteiger partial charge is 0.467 e. The third-order valence-electron chi connectivity index (χ3n) is 4.31. The van der Waals surface area contributed by atoms with E-state index in [4.69, 9.17) is 0 Å². The van der Waals surface area contributed by atoms with E-state index in [0.29, 0.717) is 12.2 Å². The van der Waals surface area contributed by atoms with E-state index in [-0.39, 0.29) is 25.0 Å². The number of para-hydroxylation sites is 1. The van der Waals surface area contributed by atoms with E-state index >= 15 is 0 Å². The monoisotopic (exact) mass is 376 g/mol. The van der Waals surface area contributed by atoms with Crippen molar-refractivity contribution in [3.05, 3.63) is 30.3 Å². The van der Waals surface area contributed by atoms with Crippen LogP contribution in [0.25, 0.3) is 0 Å². The van der Waals surface area contributed by atoms with Crippen LogP contribution in [-0.4, -0.2) is 72.4 Å². The average Bonchev–Trinajstić information content (AvgIpc) is 2.67. The number of amides is 4. The molecule has 1 aromatic rings. The lowest BCUT2D eigenvalue weighted by atomic mass is 10.1. The van der Waals surface area contributed by atoms with Crippen molar-refractivity contribution in [2.24, 2.45) is 0 Å². The fourth-order valence-electron chi connectivity index (χ4n) is 2.84. The smallest absolute Gasteiger partial charge is 0.328 e. The second-order valence-electron chi connectivity index (χ2n) is 6.22. The molecule has 0 unspecified atom stereocenters. The minimum atomic E-state index is -0.884. The van der Waals surface area contributed by atoms with Crippen molar-refractivity contribution < 1.29 is 23.9 Å². The van der Waals surface area contributed by atoms with Crippen LogP contribution in [0.4, 0.5) is 10.5 Å². The minimum Gasteiger partial charge on any atom is -0.467 e. The van der Waals surface area contributed by atoms with Crippen molar-refractivity contribution in [3.63, 3.8) is 0 Å². The van der Waals surface area contributed by atoms with Gasteiger partial charge in [0.25, 0.3) is 0 Å². The Kier molecular flexibility index (Phi) is 6.75. The molecule has 9 heteroatoms. The predicted octanol–water partition coefficient (Wildman–Crippen LogP) is 0.429. The molecule has 0 aliphatic carbocycles. The number of carbonyl (C=O) groups is 4. The molecule has 1 heterocycles. The molecule has 4 amide bonds. The fourth-order valence-corrected chi connectivity index (χ4v) is 2.84. The maximum Gasteiger partial charge on any atom is 0.328 e. The van der Waals surface area contributed by atoms with Gasteiger partial charge in [-0.15, -0.1) is 0 Å². The molecule has 146 valence electrons. The minimum absolute atomic E-state index is 0.0258. The molecule has 9 nitrogen and oxygen atoms in total. The summed E-state index contributed by atoms with van der Waals surface area (Å²) in [5, 5.41) is 5.29. The molecule has 1 aliphatic rings. The van der Waals surface area contributed by atoms with Gasteiger partial charge >= 0.3 is 12.0 Å². The van der Waals surface area contributed by atoms with Crippen LogP contribution in [0.5, 0.6) is 0 Å². The number of anilines is 1. The van der Waals surface area contributed by atoms with E-state index < -0.39 is 24.0 Å². The maximum absolute atomic E-state index is 12.6. The third-order valence-corrected chi connectivity index (χ3v) is 4.31. The van der Waals surface area contributed by atoms with Crippen LogP contribution in [0.1, 0.15) is 13.8 Å². The van der Waals surface area contributed by atoms with E-state index in [2.05, 4.69) is 15.4 Å². The SMILES string of the molecule is COC(=O)[C@@H](C)NC(=O)[C@@H]1CN(C(=O)Nc2ccccc2)CCN1C(C)=O. The van der Waals surface area contributed by atoms with E-state index in [1.54, 1.807) is 24.3 Å². The second kappa shape index (κ2) is 9.02. The summed E-state index contributed by atoms with van der Waals surface area (Å²) in [6.45, 7) is 3.41. The number of hydrogen-bond donors (Lipinski definition) is 2. The molecular formula is C18H24N4O5. The number of rotatable bonds is 4. The Morgan fingerprint density at radius 3 is 2.41 bits per heavy atom. The first-order valence-corrected chi connectivity index (χ1v) is 8.60. The maximum atomic E-state index is 12.6. The molecule has 1 fully saturated rings. The Balaban J connectivity index is 2.07. The number of ether oxygens (including phenoxy) is 1. The number of benzene rings is 1. The van der Waals surface area contributed by atoms with Gasteiger partial charge in [0, 0.05) is 25.7 Å². The van der Waals surface area contributed by atoms with Gasteiger partial charge in [0.15, 0.2) is 0 Å². The van der Waals surface area contributed by atoms with Crippen LogP contribution >= 0.6 is 0 Å². The molecule has 2 atom stereocenters. The lowest BCUT2D eigenvalue weighted by molar-refractivity contribution is -0.147. The quantitative estimate of drug-likeness (QED) is 0.741. The fraction of sp³-hybridized carbons (Fsp3) is 0.444. The lowest BCUT2D eigenvalue weighted by Crippen LogP contribution is -2.62. The van der Waals surface area contributed by atoms with Gasteiger partial charge < -0.3 is 25.2 Å². The zero-order chi connectivity index (χ0) is 20.0. The number of methoxy groups -OCH3 is 1. The Hall–Kier alpha value is -3.10. The van der Waals surface area contributed by atoms with Gasteiger partial charge in [-0.3, -0.25) is 9.59 Å². The molecule has 1 aromatic carbocycles. The first kappa shape index (κ1) is 20.2. The molecule has 1 saturated heterocycles. The van der Waals surface area contributed by atoms with Crippen molar-refractivity contribution in [3.8, 4) is 0 Å². The number of nitrogens with zero attached hydrogens (tertiary/aromatic N) is 2. The van der Waals surface area contributed by atoms with E-state index in [1.807, 2.05) is 6.07 Å². The summed E-state index contributed by atoms with van der Waals surface area (Å²) in [5.41, 5.74) is 0.636. The zero-order valence-electron chi connectivity index (χ0n) is 15.6. The standard InChI is InChI=1S/C18H24N4O5/c1-12(17(25)27-3)19-16(24)15-11-21(9-10-22(15)13(2)23)18(26)20-14-7-5-4-6-8-14/h4-8,12,15H,9-11H2,1-3H3,(H,19,24)(H,20,26)/t12-,15+/m1/s1. The Morgan fingerprint density at radius 1 is 1.15 bits per heavy atom. The van der Waals surface area contributed by atoms with E-state index in [1.165, 1.54) is 30.8 Å². The van der Waals surface area contributed by atoms with Crippen LogP contribution in [-0.2, 0) is 19.1 Å². The summed E-state index contributed by atoms with van der Waals surface area (Å²) in [6, 6.07) is 6.85. The van der Waals surface area contributed by atoms with Gasteiger partial charge in [0.1, 0.15) is 12.1 Å². The Morgan fingerprint density at radius 2 is 1.81 bits per heavy atom. The molecular weight excluding hydrogens is 352 g/mol. The number of hydrogen-bond acceptors (Lipinski definition) is 5. The zero-order valence-corrected chi connectivity index (χ0v) is 15.6. The third kappa shape index (κ3) is 5.19. The first-order valence-electron chi connectivity index (χ1n) is 8.60. The highest BCUT2D eigenvalue weighted by Gasteiger charge is 2.36. The molecule has 27 heavy (non-hydrogen) atoms.